The highest BCUT2D eigenvalue weighted by molar-refractivity contribution is 6.30. The molecule has 0 aliphatic carbocycles. The Kier molecular flexibility index (Phi) is 9.52. The van der Waals surface area contributed by atoms with Crippen LogP contribution < -0.4 is 14.8 Å². The summed E-state index contributed by atoms with van der Waals surface area (Å²) in [5, 5.41) is 12.5. The third kappa shape index (κ3) is 6.97. The number of halogens is 1. The van der Waals surface area contributed by atoms with Crippen LogP contribution in [0.3, 0.4) is 0 Å². The van der Waals surface area contributed by atoms with E-state index in [1.807, 2.05) is 42.5 Å². The first-order chi connectivity index (χ1) is 17.0. The molecule has 7 nitrogen and oxygen atoms in total. The van der Waals surface area contributed by atoms with Gasteiger partial charge in [-0.1, -0.05) is 60.1 Å². The summed E-state index contributed by atoms with van der Waals surface area (Å²) in [7, 11) is 3.08. The van der Waals surface area contributed by atoms with Crippen molar-refractivity contribution in [3.8, 4) is 11.5 Å². The normalized spacial score (nSPS) is 11.4. The lowest BCUT2D eigenvalue weighted by molar-refractivity contribution is -0.141. The van der Waals surface area contributed by atoms with Gasteiger partial charge in [-0.2, -0.15) is 0 Å². The number of aliphatic hydroxyl groups is 1. The average molecular weight is 497 g/mol. The van der Waals surface area contributed by atoms with Gasteiger partial charge in [-0.15, -0.1) is 0 Å². The maximum atomic E-state index is 13.7. The SMILES string of the molecule is COc1ccc(CC(=O)N(Cc2ccc(Cl)cc2)[C@H](C(=O)NCCO)c2ccccc2)cc1OC. The van der Waals surface area contributed by atoms with Crippen LogP contribution in [0.25, 0.3) is 0 Å². The summed E-state index contributed by atoms with van der Waals surface area (Å²) in [6.07, 6.45) is 0.0462. The molecule has 0 fully saturated rings. The van der Waals surface area contributed by atoms with Crippen molar-refractivity contribution < 1.29 is 24.2 Å². The van der Waals surface area contributed by atoms with Gasteiger partial charge >= 0.3 is 0 Å². The van der Waals surface area contributed by atoms with Crippen molar-refractivity contribution in [3.05, 3.63) is 94.5 Å². The summed E-state index contributed by atoms with van der Waals surface area (Å²) < 4.78 is 10.7. The van der Waals surface area contributed by atoms with Crippen LogP contribution in [0.1, 0.15) is 22.7 Å². The van der Waals surface area contributed by atoms with Gasteiger partial charge < -0.3 is 24.8 Å². The monoisotopic (exact) mass is 496 g/mol. The Bertz CT molecular complexity index is 1120. The van der Waals surface area contributed by atoms with E-state index in [1.165, 1.54) is 7.11 Å². The van der Waals surface area contributed by atoms with Crippen LogP contribution in [0, 0.1) is 0 Å². The first kappa shape index (κ1) is 26.1. The standard InChI is InChI=1S/C27H29ClN2O5/c1-34-23-13-10-20(16-24(23)35-2)17-25(32)30(18-19-8-11-22(28)12-9-19)26(27(33)29-14-15-31)21-6-4-3-5-7-21/h3-13,16,26,31H,14-15,17-18H2,1-2H3,(H,29,33)/t26-/m0/s1. The molecular weight excluding hydrogens is 468 g/mol. The number of hydrogen-bond donors (Lipinski definition) is 2. The van der Waals surface area contributed by atoms with Crippen LogP contribution in [0.4, 0.5) is 0 Å². The second-order valence-electron chi connectivity index (χ2n) is 7.84. The predicted molar refractivity (Wildman–Crippen MR) is 135 cm³/mol. The summed E-state index contributed by atoms with van der Waals surface area (Å²) >= 11 is 6.05. The highest BCUT2D eigenvalue weighted by Gasteiger charge is 2.31. The molecule has 0 saturated carbocycles. The van der Waals surface area contributed by atoms with E-state index in [1.54, 1.807) is 42.3 Å². The number of rotatable bonds is 11. The van der Waals surface area contributed by atoms with E-state index >= 15 is 0 Å². The summed E-state index contributed by atoms with van der Waals surface area (Å²) in [5.74, 6) is 0.453. The first-order valence-corrected chi connectivity index (χ1v) is 11.5. The van der Waals surface area contributed by atoms with Gasteiger partial charge in [0.1, 0.15) is 6.04 Å². The molecule has 0 radical (unpaired) electrons. The number of carbonyl (C=O) groups excluding carboxylic acids is 2. The van der Waals surface area contributed by atoms with E-state index in [2.05, 4.69) is 5.32 Å². The zero-order valence-corrected chi connectivity index (χ0v) is 20.5. The van der Waals surface area contributed by atoms with Crippen molar-refractivity contribution in [2.75, 3.05) is 27.4 Å². The van der Waals surface area contributed by atoms with E-state index in [0.29, 0.717) is 22.1 Å². The lowest BCUT2D eigenvalue weighted by atomic mass is 10.0. The number of amides is 2. The Morgan fingerprint density at radius 3 is 2.23 bits per heavy atom. The van der Waals surface area contributed by atoms with Crippen LogP contribution in [-0.4, -0.2) is 49.2 Å². The van der Waals surface area contributed by atoms with Crippen molar-refractivity contribution in [1.29, 1.82) is 0 Å². The van der Waals surface area contributed by atoms with Gasteiger partial charge in [0, 0.05) is 18.1 Å². The van der Waals surface area contributed by atoms with Gasteiger partial charge in [0.15, 0.2) is 11.5 Å². The molecule has 3 aromatic carbocycles. The third-order valence-electron chi connectivity index (χ3n) is 5.48. The van der Waals surface area contributed by atoms with Crippen LogP contribution in [0.5, 0.6) is 11.5 Å². The van der Waals surface area contributed by atoms with Crippen LogP contribution in [0.2, 0.25) is 5.02 Å². The molecule has 0 aliphatic rings. The Morgan fingerprint density at radius 2 is 1.60 bits per heavy atom. The Labute approximate surface area is 210 Å². The molecule has 184 valence electrons. The molecule has 0 heterocycles. The fraction of sp³-hybridized carbons (Fsp3) is 0.259. The third-order valence-corrected chi connectivity index (χ3v) is 5.73. The molecule has 2 amide bonds. The minimum absolute atomic E-state index is 0.0462. The molecule has 8 heteroatoms. The molecule has 35 heavy (non-hydrogen) atoms. The van der Waals surface area contributed by atoms with E-state index in [4.69, 9.17) is 21.1 Å². The minimum atomic E-state index is -0.897. The smallest absolute Gasteiger partial charge is 0.247 e. The molecule has 0 saturated heterocycles. The highest BCUT2D eigenvalue weighted by atomic mass is 35.5. The second kappa shape index (κ2) is 12.8. The number of methoxy groups -OCH3 is 2. The maximum Gasteiger partial charge on any atom is 0.247 e. The zero-order chi connectivity index (χ0) is 25.2. The summed E-state index contributed by atoms with van der Waals surface area (Å²) in [6.45, 7) is 0.0697. The first-order valence-electron chi connectivity index (χ1n) is 11.1. The molecule has 0 bridgehead atoms. The number of ether oxygens (including phenoxy) is 2. The molecule has 0 aromatic heterocycles. The van der Waals surface area contributed by atoms with Gasteiger partial charge in [-0.05, 0) is 41.0 Å². The highest BCUT2D eigenvalue weighted by Crippen LogP contribution is 2.29. The van der Waals surface area contributed by atoms with Crippen molar-refractivity contribution in [1.82, 2.24) is 10.2 Å². The molecular formula is C27H29ClN2O5. The molecule has 0 spiro atoms. The lowest BCUT2D eigenvalue weighted by Gasteiger charge is -2.32. The van der Waals surface area contributed by atoms with Crippen molar-refractivity contribution in [2.24, 2.45) is 0 Å². The van der Waals surface area contributed by atoms with Gasteiger partial charge in [0.05, 0.1) is 27.2 Å². The fourth-order valence-corrected chi connectivity index (χ4v) is 3.89. The Balaban J connectivity index is 1.99. The number of benzene rings is 3. The summed E-state index contributed by atoms with van der Waals surface area (Å²) in [4.78, 5) is 28.5. The number of hydrogen-bond acceptors (Lipinski definition) is 5. The van der Waals surface area contributed by atoms with E-state index in [-0.39, 0.29) is 37.9 Å². The van der Waals surface area contributed by atoms with Crippen LogP contribution in [-0.2, 0) is 22.6 Å². The number of nitrogens with zero attached hydrogens (tertiary/aromatic N) is 1. The minimum Gasteiger partial charge on any atom is -0.493 e. The molecule has 2 N–H and O–H groups in total. The van der Waals surface area contributed by atoms with Crippen LogP contribution in [0.15, 0.2) is 72.8 Å². The largest absolute Gasteiger partial charge is 0.493 e. The predicted octanol–water partition coefficient (Wildman–Crippen LogP) is 3.78. The number of carbonyl (C=O) groups is 2. The average Bonchev–Trinajstić information content (AvgIpc) is 2.88. The lowest BCUT2D eigenvalue weighted by Crippen LogP contribution is -2.44. The number of nitrogens with one attached hydrogen (secondary N) is 1. The van der Waals surface area contributed by atoms with Crippen LogP contribution >= 0.6 is 11.6 Å². The van der Waals surface area contributed by atoms with Gasteiger partial charge in [0.25, 0.3) is 0 Å². The van der Waals surface area contributed by atoms with E-state index in [9.17, 15) is 14.7 Å². The molecule has 3 aromatic rings. The van der Waals surface area contributed by atoms with E-state index < -0.39 is 6.04 Å². The molecule has 0 unspecified atom stereocenters. The molecule has 3 rings (SSSR count). The second-order valence-corrected chi connectivity index (χ2v) is 8.28. The summed E-state index contributed by atoms with van der Waals surface area (Å²) in [5.41, 5.74) is 2.21. The van der Waals surface area contributed by atoms with Crippen molar-refractivity contribution >= 4 is 23.4 Å². The summed E-state index contributed by atoms with van der Waals surface area (Å²) in [6, 6.07) is 20.6. The Hall–Kier alpha value is -3.55. The van der Waals surface area contributed by atoms with Gasteiger partial charge in [-0.3, -0.25) is 9.59 Å². The fourth-order valence-electron chi connectivity index (χ4n) is 3.76. The quantitative estimate of drug-likeness (QED) is 0.422. The van der Waals surface area contributed by atoms with E-state index in [0.717, 1.165) is 11.1 Å². The van der Waals surface area contributed by atoms with Crippen molar-refractivity contribution in [2.45, 2.75) is 19.0 Å². The van der Waals surface area contributed by atoms with Gasteiger partial charge in [0.2, 0.25) is 11.8 Å². The molecule has 1 atom stereocenters. The topological polar surface area (TPSA) is 88.1 Å². The molecule has 0 aliphatic heterocycles. The zero-order valence-electron chi connectivity index (χ0n) is 19.7. The Morgan fingerprint density at radius 1 is 0.943 bits per heavy atom. The van der Waals surface area contributed by atoms with Gasteiger partial charge in [-0.25, -0.2) is 0 Å². The van der Waals surface area contributed by atoms with Crippen molar-refractivity contribution in [3.63, 3.8) is 0 Å². The maximum absolute atomic E-state index is 13.7. The number of aliphatic hydroxyl groups excluding tert-OH is 1.